The molecule has 0 radical (unpaired) electrons. The lowest BCUT2D eigenvalue weighted by atomic mass is 10.3. The number of aliphatic hydroxyl groups is 1. The standard InChI is InChI=1S/C6H3Cl2NO2.C4H6O/c7-4-1-3(6(10)11)2-9-5(4)8;1-3-4(2)5/h1-2H,(H,10,11);1,4-5H,2H3. The lowest BCUT2D eigenvalue weighted by molar-refractivity contribution is 0.0696. The number of aromatic carboxylic acids is 1. The molecular formula is C10H9Cl2NO3. The first kappa shape index (κ1) is 14.7. The van der Waals surface area contributed by atoms with Crippen molar-refractivity contribution in [2.24, 2.45) is 0 Å². The van der Waals surface area contributed by atoms with Gasteiger partial charge in [-0.3, -0.25) is 0 Å². The number of pyridine rings is 1. The minimum atomic E-state index is -1.07. The van der Waals surface area contributed by atoms with Crippen LogP contribution in [0.4, 0.5) is 0 Å². The minimum Gasteiger partial charge on any atom is -0.478 e. The smallest absolute Gasteiger partial charge is 0.337 e. The Labute approximate surface area is 103 Å². The van der Waals surface area contributed by atoms with Crippen LogP contribution >= 0.6 is 23.2 Å². The van der Waals surface area contributed by atoms with Gasteiger partial charge in [-0.1, -0.05) is 29.1 Å². The number of aromatic nitrogens is 1. The molecule has 86 valence electrons. The highest BCUT2D eigenvalue weighted by Crippen LogP contribution is 2.19. The molecule has 2 N–H and O–H groups in total. The number of terminal acetylenes is 1. The van der Waals surface area contributed by atoms with E-state index in [-0.39, 0.29) is 15.7 Å². The van der Waals surface area contributed by atoms with Crippen LogP contribution in [0.15, 0.2) is 12.3 Å². The maximum absolute atomic E-state index is 10.3. The number of carbonyl (C=O) groups is 1. The summed E-state index contributed by atoms with van der Waals surface area (Å²) in [6.07, 6.45) is 5.23. The third-order valence-corrected chi connectivity index (χ3v) is 1.97. The molecule has 0 fully saturated rings. The van der Waals surface area contributed by atoms with Gasteiger partial charge in [-0.25, -0.2) is 9.78 Å². The largest absolute Gasteiger partial charge is 0.478 e. The van der Waals surface area contributed by atoms with Gasteiger partial charge in [-0.05, 0) is 13.0 Å². The van der Waals surface area contributed by atoms with Crippen LogP contribution in [0.1, 0.15) is 17.3 Å². The maximum atomic E-state index is 10.3. The molecule has 0 spiro atoms. The lowest BCUT2D eigenvalue weighted by Gasteiger charge is -1.95. The van der Waals surface area contributed by atoms with E-state index in [1.54, 1.807) is 6.92 Å². The summed E-state index contributed by atoms with van der Waals surface area (Å²) in [5.41, 5.74) is 0.0272. The summed E-state index contributed by atoms with van der Waals surface area (Å²) in [7, 11) is 0. The Morgan fingerprint density at radius 2 is 2.12 bits per heavy atom. The molecule has 0 aliphatic carbocycles. The Balaban J connectivity index is 0.000000385. The molecular weight excluding hydrogens is 253 g/mol. The van der Waals surface area contributed by atoms with Gasteiger partial charge in [-0.2, -0.15) is 0 Å². The van der Waals surface area contributed by atoms with E-state index in [0.29, 0.717) is 0 Å². The predicted molar refractivity (Wildman–Crippen MR) is 61.7 cm³/mol. The summed E-state index contributed by atoms with van der Waals surface area (Å²) in [5, 5.41) is 16.8. The Morgan fingerprint density at radius 3 is 2.44 bits per heavy atom. The Bertz CT molecular complexity index is 413. The quantitative estimate of drug-likeness (QED) is 0.600. The van der Waals surface area contributed by atoms with E-state index in [4.69, 9.17) is 33.4 Å². The maximum Gasteiger partial charge on any atom is 0.337 e. The fraction of sp³-hybridized carbons (Fsp3) is 0.200. The number of hydrogen-bond acceptors (Lipinski definition) is 3. The highest BCUT2D eigenvalue weighted by atomic mass is 35.5. The van der Waals surface area contributed by atoms with Crippen LogP contribution in [0, 0.1) is 12.3 Å². The zero-order chi connectivity index (χ0) is 12.7. The van der Waals surface area contributed by atoms with Crippen LogP contribution in [0.5, 0.6) is 0 Å². The molecule has 1 heterocycles. The Morgan fingerprint density at radius 1 is 1.62 bits per heavy atom. The molecule has 4 nitrogen and oxygen atoms in total. The number of halogens is 2. The van der Waals surface area contributed by atoms with Crippen molar-refractivity contribution in [2.45, 2.75) is 13.0 Å². The zero-order valence-electron chi connectivity index (χ0n) is 8.32. The van der Waals surface area contributed by atoms with Crippen molar-refractivity contribution in [1.29, 1.82) is 0 Å². The van der Waals surface area contributed by atoms with Crippen molar-refractivity contribution < 1.29 is 15.0 Å². The van der Waals surface area contributed by atoms with Gasteiger partial charge in [0, 0.05) is 6.20 Å². The van der Waals surface area contributed by atoms with Crippen LogP contribution in [0.25, 0.3) is 0 Å². The molecule has 1 unspecified atom stereocenters. The average molecular weight is 262 g/mol. The molecule has 0 aliphatic heterocycles. The van der Waals surface area contributed by atoms with Crippen LogP contribution in [0.3, 0.4) is 0 Å². The van der Waals surface area contributed by atoms with Crippen LogP contribution in [-0.4, -0.2) is 27.3 Å². The summed E-state index contributed by atoms with van der Waals surface area (Å²) in [5.74, 6) is 1.01. The van der Waals surface area contributed by atoms with Gasteiger partial charge in [0.15, 0.2) is 0 Å². The predicted octanol–water partition coefficient (Wildman–Crippen LogP) is 2.09. The number of aliphatic hydroxyl groups excluding tert-OH is 1. The normalized spacial score (nSPS) is 10.7. The Hall–Kier alpha value is -1.28. The van der Waals surface area contributed by atoms with Crippen molar-refractivity contribution in [3.05, 3.63) is 28.0 Å². The van der Waals surface area contributed by atoms with Gasteiger partial charge >= 0.3 is 5.97 Å². The third-order valence-electron chi connectivity index (χ3n) is 1.28. The molecule has 1 aromatic heterocycles. The molecule has 16 heavy (non-hydrogen) atoms. The van der Waals surface area contributed by atoms with Crippen LogP contribution in [0.2, 0.25) is 10.2 Å². The van der Waals surface area contributed by atoms with E-state index in [1.807, 2.05) is 0 Å². The zero-order valence-corrected chi connectivity index (χ0v) is 9.83. The highest BCUT2D eigenvalue weighted by Gasteiger charge is 2.05. The summed E-state index contributed by atoms with van der Waals surface area (Å²) in [4.78, 5) is 13.9. The molecule has 1 rings (SSSR count). The molecule has 0 saturated heterocycles. The number of nitrogens with zero attached hydrogens (tertiary/aromatic N) is 1. The summed E-state index contributed by atoms with van der Waals surface area (Å²) >= 11 is 10.9. The van der Waals surface area contributed by atoms with Crippen molar-refractivity contribution in [3.8, 4) is 12.3 Å². The molecule has 0 saturated carbocycles. The van der Waals surface area contributed by atoms with Gasteiger partial charge in [0.25, 0.3) is 0 Å². The molecule has 1 atom stereocenters. The molecule has 0 amide bonds. The third kappa shape index (κ3) is 5.56. The second kappa shape index (κ2) is 7.07. The van der Waals surface area contributed by atoms with E-state index in [9.17, 15) is 4.79 Å². The van der Waals surface area contributed by atoms with Gasteiger partial charge in [0.1, 0.15) is 11.3 Å². The van der Waals surface area contributed by atoms with Crippen molar-refractivity contribution >= 4 is 29.2 Å². The fourth-order valence-corrected chi connectivity index (χ4v) is 0.808. The fourth-order valence-electron chi connectivity index (χ4n) is 0.538. The summed E-state index contributed by atoms with van der Waals surface area (Å²) < 4.78 is 0. The summed E-state index contributed by atoms with van der Waals surface area (Å²) in [6, 6.07) is 1.25. The highest BCUT2D eigenvalue weighted by molar-refractivity contribution is 6.41. The molecule has 0 aliphatic rings. The van der Waals surface area contributed by atoms with Gasteiger partial charge in [-0.15, -0.1) is 6.42 Å². The first-order valence-corrected chi connectivity index (χ1v) is 4.82. The monoisotopic (exact) mass is 261 g/mol. The molecule has 1 aromatic rings. The van der Waals surface area contributed by atoms with Crippen LogP contribution < -0.4 is 0 Å². The molecule has 6 heteroatoms. The first-order valence-electron chi connectivity index (χ1n) is 4.07. The van der Waals surface area contributed by atoms with E-state index in [0.717, 1.165) is 6.20 Å². The summed E-state index contributed by atoms with van der Waals surface area (Å²) in [6.45, 7) is 1.54. The minimum absolute atomic E-state index is 0.0272. The van der Waals surface area contributed by atoms with Gasteiger partial charge in [0.2, 0.25) is 0 Å². The molecule has 0 bridgehead atoms. The van der Waals surface area contributed by atoms with E-state index >= 15 is 0 Å². The Kier molecular flexibility index (Phi) is 6.50. The molecule has 0 aromatic carbocycles. The number of hydrogen-bond donors (Lipinski definition) is 2. The lowest BCUT2D eigenvalue weighted by Crippen LogP contribution is -1.96. The number of carboxylic acid groups (broad SMARTS) is 1. The van der Waals surface area contributed by atoms with Crippen molar-refractivity contribution in [3.63, 3.8) is 0 Å². The van der Waals surface area contributed by atoms with Gasteiger partial charge in [0.05, 0.1) is 10.6 Å². The second-order valence-corrected chi connectivity index (χ2v) is 3.41. The first-order chi connectivity index (χ1) is 7.38. The second-order valence-electron chi connectivity index (χ2n) is 2.64. The van der Waals surface area contributed by atoms with Crippen molar-refractivity contribution in [1.82, 2.24) is 4.98 Å². The number of carboxylic acids is 1. The van der Waals surface area contributed by atoms with Crippen molar-refractivity contribution in [2.75, 3.05) is 0 Å². The van der Waals surface area contributed by atoms with E-state index in [1.165, 1.54) is 6.07 Å². The average Bonchev–Trinajstić information content (AvgIpc) is 2.22. The van der Waals surface area contributed by atoms with E-state index < -0.39 is 12.1 Å². The van der Waals surface area contributed by atoms with E-state index in [2.05, 4.69) is 17.3 Å². The van der Waals surface area contributed by atoms with Crippen LogP contribution in [-0.2, 0) is 0 Å². The topological polar surface area (TPSA) is 70.4 Å². The van der Waals surface area contributed by atoms with Gasteiger partial charge < -0.3 is 10.2 Å². The number of rotatable bonds is 1. The SMILES string of the molecule is C#CC(C)O.O=C(O)c1cnc(Cl)c(Cl)c1.